The van der Waals surface area contributed by atoms with Gasteiger partial charge < -0.3 is 49.9 Å². The Kier molecular flexibility index (Phi) is 9.11. The third-order valence-corrected chi connectivity index (χ3v) is 10.1. The highest BCUT2D eigenvalue weighted by molar-refractivity contribution is 5.97. The van der Waals surface area contributed by atoms with Crippen LogP contribution in [0.3, 0.4) is 0 Å². The maximum absolute atomic E-state index is 15.4. The second kappa shape index (κ2) is 12.7. The van der Waals surface area contributed by atoms with Gasteiger partial charge in [-0.2, -0.15) is 0 Å². The fraction of sp³-hybridized carbons (Fsp3) is 0.667. The van der Waals surface area contributed by atoms with Crippen molar-refractivity contribution in [1.29, 1.82) is 0 Å². The van der Waals surface area contributed by atoms with E-state index in [1.807, 2.05) is 20.8 Å². The minimum atomic E-state index is -1.45. The molecule has 5 fully saturated rings. The van der Waals surface area contributed by atoms with Crippen molar-refractivity contribution in [2.75, 3.05) is 64.6 Å². The standard InChI is InChI=1S/C21H23F2N3O5.C12H22N2O3/c1-30-19-16-11(18(27)12(20(28)29)7-26(16)15-5-13(15)22)4-14(23)17(19)25-6-10-8-31-3-2-21(10,24)9-25;1-11(2,3)17-10(15)14-12-4-5-16-7-9(12)6-13-8-12/h4,7,10,13,15H,2-3,5-6,8-9,24H2,1H3,(H,28,29);9,13H,4-8H2,1-3H3,(H,14,15)/t10-,13+,15-,21-;9-,12-/m11/s1. The fourth-order valence-corrected chi connectivity index (χ4v) is 7.46. The number of nitrogens with zero attached hydrogens (tertiary/aromatic N) is 2. The molecule has 1 amide bonds. The van der Waals surface area contributed by atoms with Gasteiger partial charge in [-0.05, 0) is 39.7 Å². The first kappa shape index (κ1) is 34.3. The van der Waals surface area contributed by atoms with Gasteiger partial charge in [0.2, 0.25) is 5.43 Å². The zero-order valence-electron chi connectivity index (χ0n) is 27.8. The fourth-order valence-electron chi connectivity index (χ4n) is 7.46. The molecule has 2 aromatic rings. The van der Waals surface area contributed by atoms with Gasteiger partial charge in [0.15, 0.2) is 11.6 Å². The van der Waals surface area contributed by atoms with E-state index in [-0.39, 0.29) is 46.3 Å². The lowest BCUT2D eigenvalue weighted by atomic mass is 9.83. The molecule has 1 aliphatic carbocycles. The van der Waals surface area contributed by atoms with E-state index in [2.05, 4.69) is 10.6 Å². The van der Waals surface area contributed by atoms with Crippen LogP contribution in [0.15, 0.2) is 17.1 Å². The van der Waals surface area contributed by atoms with Gasteiger partial charge in [0.05, 0.1) is 42.8 Å². The molecule has 0 unspecified atom stereocenters. The number of carbonyl (C=O) groups excluding carboxylic acids is 1. The number of aromatic carboxylic acids is 1. The number of alkyl carbamates (subject to hydrolysis) is 1. The second-order valence-corrected chi connectivity index (χ2v) is 14.6. The van der Waals surface area contributed by atoms with Crippen molar-refractivity contribution in [3.05, 3.63) is 33.9 Å². The van der Waals surface area contributed by atoms with Gasteiger partial charge in [0.25, 0.3) is 0 Å². The smallest absolute Gasteiger partial charge is 0.408 e. The number of fused-ring (bicyclic) bond motifs is 3. The zero-order chi connectivity index (χ0) is 34.6. The quantitative estimate of drug-likeness (QED) is 0.368. The van der Waals surface area contributed by atoms with Gasteiger partial charge >= 0.3 is 12.1 Å². The maximum atomic E-state index is 15.4. The lowest BCUT2D eigenvalue weighted by molar-refractivity contribution is -0.00166. The Labute approximate surface area is 277 Å². The van der Waals surface area contributed by atoms with Gasteiger partial charge in [-0.15, -0.1) is 0 Å². The molecule has 5 heterocycles. The average Bonchev–Trinajstić information content (AvgIpc) is 3.42. The van der Waals surface area contributed by atoms with Crippen LogP contribution in [0.25, 0.3) is 10.9 Å². The molecule has 1 aromatic carbocycles. The molecule has 4 aliphatic heterocycles. The molecule has 1 saturated carbocycles. The van der Waals surface area contributed by atoms with Gasteiger partial charge in [0.1, 0.15) is 23.0 Å². The highest BCUT2D eigenvalue weighted by Crippen LogP contribution is 2.47. The molecule has 4 saturated heterocycles. The van der Waals surface area contributed by atoms with Crippen LogP contribution in [-0.2, 0) is 14.2 Å². The summed E-state index contributed by atoms with van der Waals surface area (Å²) in [6, 6.07) is 0.388. The van der Waals surface area contributed by atoms with E-state index in [0.717, 1.165) is 31.8 Å². The molecule has 48 heavy (non-hydrogen) atoms. The van der Waals surface area contributed by atoms with Crippen molar-refractivity contribution in [1.82, 2.24) is 15.2 Å². The normalized spacial score (nSPS) is 30.9. The monoisotopic (exact) mass is 677 g/mol. The molecule has 7 rings (SSSR count). The van der Waals surface area contributed by atoms with E-state index in [0.29, 0.717) is 51.9 Å². The molecular weight excluding hydrogens is 632 g/mol. The topological polar surface area (TPSA) is 167 Å². The van der Waals surface area contributed by atoms with E-state index < -0.39 is 46.1 Å². The van der Waals surface area contributed by atoms with Crippen LogP contribution in [0.2, 0.25) is 0 Å². The van der Waals surface area contributed by atoms with Gasteiger partial charge in [-0.1, -0.05) is 0 Å². The number of halogens is 2. The number of anilines is 1. The summed E-state index contributed by atoms with van der Waals surface area (Å²) in [6.45, 7) is 10.6. The number of alkyl halides is 1. The molecule has 5 N–H and O–H groups in total. The first-order chi connectivity index (χ1) is 22.7. The number of methoxy groups -OCH3 is 1. The Bertz CT molecular complexity index is 1650. The Balaban J connectivity index is 0.000000200. The maximum Gasteiger partial charge on any atom is 0.408 e. The van der Waals surface area contributed by atoms with E-state index in [9.17, 15) is 23.9 Å². The van der Waals surface area contributed by atoms with Crippen LogP contribution in [0.4, 0.5) is 19.3 Å². The van der Waals surface area contributed by atoms with Crippen LogP contribution in [0.1, 0.15) is 56.4 Å². The predicted octanol–water partition coefficient (Wildman–Crippen LogP) is 2.57. The van der Waals surface area contributed by atoms with E-state index in [1.165, 1.54) is 11.7 Å². The van der Waals surface area contributed by atoms with E-state index in [4.69, 9.17) is 24.7 Å². The number of hydrogen-bond acceptors (Lipinski definition) is 10. The zero-order valence-corrected chi connectivity index (χ0v) is 27.8. The van der Waals surface area contributed by atoms with Crippen molar-refractivity contribution < 1.29 is 42.4 Å². The van der Waals surface area contributed by atoms with E-state index in [1.54, 1.807) is 4.90 Å². The number of amides is 1. The number of carboxylic acids is 1. The summed E-state index contributed by atoms with van der Waals surface area (Å²) >= 11 is 0. The lowest BCUT2D eigenvalue weighted by Crippen LogP contribution is -2.58. The summed E-state index contributed by atoms with van der Waals surface area (Å²) in [5.41, 5.74) is 4.37. The third kappa shape index (κ3) is 6.44. The van der Waals surface area contributed by atoms with Crippen molar-refractivity contribution in [3.63, 3.8) is 0 Å². The largest absolute Gasteiger partial charge is 0.492 e. The molecule has 0 radical (unpaired) electrons. The number of aromatic nitrogens is 1. The molecule has 15 heteroatoms. The number of nitrogens with one attached hydrogen (secondary N) is 2. The predicted molar refractivity (Wildman–Crippen MR) is 172 cm³/mol. The SMILES string of the molecule is CC(C)(C)OC(=O)N[C@@]12CCOC[C@H]1CNC2.COc1c(N2C[C@@H]3COCC[C@@]3(N)C2)c(F)cc2c(=O)c(C(=O)O)cn([C@@H]3C[C@@H]3F)c12. The molecule has 5 aliphatic rings. The van der Waals surface area contributed by atoms with Crippen LogP contribution in [0.5, 0.6) is 5.75 Å². The van der Waals surface area contributed by atoms with E-state index >= 15 is 4.39 Å². The Hall–Kier alpha value is -3.53. The van der Waals surface area contributed by atoms with Crippen LogP contribution in [0, 0.1) is 17.7 Å². The minimum absolute atomic E-state index is 0.0105. The number of carbonyl (C=O) groups is 2. The van der Waals surface area contributed by atoms with Gasteiger partial charge in [0, 0.05) is 69.4 Å². The summed E-state index contributed by atoms with van der Waals surface area (Å²) in [5.74, 6) is -1.73. The number of carboxylic acid groups (broad SMARTS) is 1. The number of rotatable bonds is 5. The first-order valence-corrected chi connectivity index (χ1v) is 16.4. The first-order valence-electron chi connectivity index (χ1n) is 16.4. The number of pyridine rings is 1. The third-order valence-electron chi connectivity index (χ3n) is 10.1. The Morgan fingerprint density at radius 2 is 1.88 bits per heavy atom. The summed E-state index contributed by atoms with van der Waals surface area (Å²) in [5, 5.41) is 15.6. The van der Waals surface area contributed by atoms with Gasteiger partial charge in [-0.25, -0.2) is 18.4 Å². The summed E-state index contributed by atoms with van der Waals surface area (Å²) < 4.78 is 52.7. The highest BCUT2D eigenvalue weighted by Gasteiger charge is 2.48. The molecular formula is C33H45F2N5O8. The van der Waals surface area contributed by atoms with Crippen LogP contribution < -0.4 is 31.4 Å². The molecule has 0 bridgehead atoms. The summed E-state index contributed by atoms with van der Waals surface area (Å²) in [7, 11) is 1.35. The Morgan fingerprint density at radius 3 is 2.50 bits per heavy atom. The Morgan fingerprint density at radius 1 is 1.19 bits per heavy atom. The van der Waals surface area contributed by atoms with Crippen molar-refractivity contribution in [3.8, 4) is 5.75 Å². The number of hydrogen-bond donors (Lipinski definition) is 4. The number of benzene rings is 1. The molecule has 1 aromatic heterocycles. The van der Waals surface area contributed by atoms with Crippen LogP contribution in [-0.4, -0.2) is 104 Å². The lowest BCUT2D eigenvalue weighted by Gasteiger charge is -2.39. The molecule has 13 nitrogen and oxygen atoms in total. The highest BCUT2D eigenvalue weighted by atomic mass is 19.1. The molecule has 6 atom stereocenters. The van der Waals surface area contributed by atoms with Crippen molar-refractivity contribution >= 4 is 28.7 Å². The van der Waals surface area contributed by atoms with Crippen LogP contribution >= 0.6 is 0 Å². The average molecular weight is 678 g/mol. The summed E-state index contributed by atoms with van der Waals surface area (Å²) in [4.78, 5) is 38.0. The minimum Gasteiger partial charge on any atom is -0.492 e. The van der Waals surface area contributed by atoms with Crippen molar-refractivity contribution in [2.24, 2.45) is 17.6 Å². The number of ether oxygens (including phenoxy) is 4. The van der Waals surface area contributed by atoms with Crippen molar-refractivity contribution in [2.45, 2.75) is 68.9 Å². The van der Waals surface area contributed by atoms with Gasteiger partial charge in [-0.3, -0.25) is 4.79 Å². The number of nitrogens with two attached hydrogens (primary N) is 1. The second-order valence-electron chi connectivity index (χ2n) is 14.6. The molecule has 264 valence electrons. The molecule has 0 spiro atoms. The summed E-state index contributed by atoms with van der Waals surface area (Å²) in [6.07, 6.45) is 1.30.